The van der Waals surface area contributed by atoms with Crippen molar-refractivity contribution in [3.05, 3.63) is 18.7 Å². The van der Waals surface area contributed by atoms with Crippen molar-refractivity contribution in [1.29, 1.82) is 0 Å². The quantitative estimate of drug-likeness (QED) is 0.377. The van der Waals surface area contributed by atoms with Crippen LogP contribution < -0.4 is 4.57 Å². The lowest BCUT2D eigenvalue weighted by molar-refractivity contribution is -0.695. The second-order valence-electron chi connectivity index (χ2n) is 5.42. The third-order valence-electron chi connectivity index (χ3n) is 3.48. The van der Waals surface area contributed by atoms with Crippen molar-refractivity contribution in [2.45, 2.75) is 70.7 Å². The van der Waals surface area contributed by atoms with Crippen LogP contribution >= 0.6 is 0 Å². The van der Waals surface area contributed by atoms with E-state index in [1.807, 2.05) is 23.3 Å². The van der Waals surface area contributed by atoms with Crippen LogP contribution in [-0.4, -0.2) is 22.8 Å². The second-order valence-corrected chi connectivity index (χ2v) is 7.21. The Morgan fingerprint density at radius 2 is 1.85 bits per heavy atom. The molecule has 1 unspecified atom stereocenters. The Morgan fingerprint density at radius 3 is 2.50 bits per heavy atom. The largest absolute Gasteiger partial charge is 0.748 e. The number of unbranched alkanes of at least 4 members (excludes halogenated alkanes) is 5. The molecule has 0 saturated carbocycles. The second kappa shape index (κ2) is 8.42. The summed E-state index contributed by atoms with van der Waals surface area (Å²) in [6.07, 6.45) is 13.1. The van der Waals surface area contributed by atoms with Crippen molar-refractivity contribution in [3.8, 4) is 0 Å². The summed E-state index contributed by atoms with van der Waals surface area (Å²) >= 11 is 0. The first-order valence-corrected chi connectivity index (χ1v) is 8.90. The highest BCUT2D eigenvalue weighted by Crippen LogP contribution is 2.06. The van der Waals surface area contributed by atoms with Gasteiger partial charge in [0.15, 0.2) is 0 Å². The van der Waals surface area contributed by atoms with E-state index in [9.17, 15) is 13.0 Å². The minimum Gasteiger partial charge on any atom is -0.748 e. The Morgan fingerprint density at radius 1 is 1.20 bits per heavy atom. The van der Waals surface area contributed by atoms with Crippen LogP contribution in [0.2, 0.25) is 0 Å². The molecule has 0 aromatic carbocycles. The van der Waals surface area contributed by atoms with Crippen LogP contribution in [0.3, 0.4) is 0 Å². The third kappa shape index (κ3) is 6.52. The molecule has 0 amide bonds. The number of hydrogen-bond donors (Lipinski definition) is 0. The Hall–Kier alpha value is -0.880. The molecule has 1 atom stereocenters. The monoisotopic (exact) mass is 302 g/mol. The molecule has 20 heavy (non-hydrogen) atoms. The predicted octanol–water partition coefficient (Wildman–Crippen LogP) is 2.07. The molecule has 1 rings (SSSR count). The number of rotatable bonds is 10. The van der Waals surface area contributed by atoms with Gasteiger partial charge < -0.3 is 4.55 Å². The van der Waals surface area contributed by atoms with Gasteiger partial charge in [-0.1, -0.05) is 32.6 Å². The van der Waals surface area contributed by atoms with Crippen LogP contribution in [0, 0.1) is 0 Å². The first kappa shape index (κ1) is 17.2. The van der Waals surface area contributed by atoms with E-state index in [4.69, 9.17) is 0 Å². The van der Waals surface area contributed by atoms with Gasteiger partial charge in [0.25, 0.3) is 0 Å². The fourth-order valence-electron chi connectivity index (χ4n) is 2.14. The first-order valence-electron chi connectivity index (χ1n) is 7.43. The molecule has 6 heteroatoms. The molecule has 5 nitrogen and oxygen atoms in total. The Labute approximate surface area is 122 Å². The summed E-state index contributed by atoms with van der Waals surface area (Å²) < 4.78 is 36.4. The number of nitrogens with zero attached hydrogens (tertiary/aromatic N) is 2. The van der Waals surface area contributed by atoms with Crippen molar-refractivity contribution in [2.24, 2.45) is 0 Å². The normalized spacial score (nSPS) is 13.6. The Balaban J connectivity index is 2.29. The average Bonchev–Trinajstić information content (AvgIpc) is 2.80. The standard InChI is InChI=1S/C14H26N2O3S/c1-3-4-5-6-7-8-9-15-10-11-16(13-15)12-14(2)20(17,18)19/h10-11,13-14H,3-9,12H2,1-2H3. The molecular formula is C14H26N2O3S. The highest BCUT2D eigenvalue weighted by molar-refractivity contribution is 7.86. The third-order valence-corrected chi connectivity index (χ3v) is 4.61. The van der Waals surface area contributed by atoms with Gasteiger partial charge in [0.1, 0.15) is 29.1 Å². The molecule has 0 fully saturated rings. The molecule has 116 valence electrons. The molecule has 0 aliphatic heterocycles. The van der Waals surface area contributed by atoms with Gasteiger partial charge in [-0.15, -0.1) is 0 Å². The fourth-order valence-corrected chi connectivity index (χ4v) is 2.50. The molecule has 0 radical (unpaired) electrons. The van der Waals surface area contributed by atoms with E-state index < -0.39 is 15.4 Å². The summed E-state index contributed by atoms with van der Waals surface area (Å²) in [5.74, 6) is 0. The van der Waals surface area contributed by atoms with Crippen LogP contribution in [0.4, 0.5) is 0 Å². The SMILES string of the molecule is CCCCCCCCn1cc[n+](CC(C)S(=O)(=O)[O-])c1. The van der Waals surface area contributed by atoms with Gasteiger partial charge in [-0.05, 0) is 19.8 Å². The van der Waals surface area contributed by atoms with Crippen molar-refractivity contribution in [1.82, 2.24) is 4.57 Å². The van der Waals surface area contributed by atoms with Gasteiger partial charge in [-0.3, -0.25) is 0 Å². The topological polar surface area (TPSA) is 66.0 Å². The van der Waals surface area contributed by atoms with Gasteiger partial charge >= 0.3 is 0 Å². The minimum absolute atomic E-state index is 0.218. The molecule has 0 aliphatic carbocycles. The van der Waals surface area contributed by atoms with Crippen molar-refractivity contribution < 1.29 is 17.5 Å². The van der Waals surface area contributed by atoms with E-state index >= 15 is 0 Å². The molecular weight excluding hydrogens is 276 g/mol. The maximum Gasteiger partial charge on any atom is 0.243 e. The van der Waals surface area contributed by atoms with Gasteiger partial charge in [0.2, 0.25) is 6.33 Å². The van der Waals surface area contributed by atoms with Gasteiger partial charge in [0, 0.05) is 0 Å². The first-order chi connectivity index (χ1) is 9.43. The molecule has 0 saturated heterocycles. The van der Waals surface area contributed by atoms with Crippen molar-refractivity contribution in [3.63, 3.8) is 0 Å². The van der Waals surface area contributed by atoms with E-state index in [-0.39, 0.29) is 6.54 Å². The average molecular weight is 302 g/mol. The summed E-state index contributed by atoms with van der Waals surface area (Å²) in [6, 6.07) is 0. The van der Waals surface area contributed by atoms with Crippen LogP contribution in [0.5, 0.6) is 0 Å². The molecule has 0 aliphatic rings. The van der Waals surface area contributed by atoms with E-state index in [0.717, 1.165) is 13.0 Å². The maximum absolute atomic E-state index is 10.9. The lowest BCUT2D eigenvalue weighted by Gasteiger charge is -2.13. The molecule has 0 spiro atoms. The number of hydrogen-bond acceptors (Lipinski definition) is 3. The van der Waals surface area contributed by atoms with Gasteiger partial charge in [0.05, 0.1) is 11.8 Å². The molecule has 0 bridgehead atoms. The summed E-state index contributed by atoms with van der Waals surface area (Å²) in [6.45, 7) is 4.81. The zero-order chi connectivity index (χ0) is 15.0. The van der Waals surface area contributed by atoms with Gasteiger partial charge in [-0.25, -0.2) is 17.6 Å². The zero-order valence-corrected chi connectivity index (χ0v) is 13.3. The zero-order valence-electron chi connectivity index (χ0n) is 12.5. The molecule has 1 heterocycles. The molecule has 1 aromatic rings. The minimum atomic E-state index is -4.20. The maximum atomic E-state index is 10.9. The predicted molar refractivity (Wildman–Crippen MR) is 77.2 cm³/mol. The Bertz CT molecular complexity index is 482. The summed E-state index contributed by atoms with van der Waals surface area (Å²) in [5.41, 5.74) is 0. The van der Waals surface area contributed by atoms with E-state index in [1.165, 1.54) is 39.0 Å². The summed E-state index contributed by atoms with van der Waals surface area (Å²) in [7, 11) is -4.20. The number of aromatic nitrogens is 2. The van der Waals surface area contributed by atoms with Crippen LogP contribution in [-0.2, 0) is 23.2 Å². The van der Waals surface area contributed by atoms with Crippen LogP contribution in [0.25, 0.3) is 0 Å². The number of aryl methyl sites for hydroxylation is 1. The van der Waals surface area contributed by atoms with E-state index in [1.54, 1.807) is 4.57 Å². The van der Waals surface area contributed by atoms with Gasteiger partial charge in [-0.2, -0.15) is 0 Å². The highest BCUT2D eigenvalue weighted by atomic mass is 32.2. The molecule has 1 aromatic heterocycles. The summed E-state index contributed by atoms with van der Waals surface area (Å²) in [4.78, 5) is 0. The van der Waals surface area contributed by atoms with Crippen LogP contribution in [0.1, 0.15) is 52.4 Å². The lowest BCUT2D eigenvalue weighted by atomic mass is 10.1. The van der Waals surface area contributed by atoms with E-state index in [2.05, 4.69) is 6.92 Å². The summed E-state index contributed by atoms with van der Waals surface area (Å²) in [5, 5.41) is -0.891. The lowest BCUT2D eigenvalue weighted by Crippen LogP contribution is -2.40. The number of imidazole rings is 1. The van der Waals surface area contributed by atoms with Crippen molar-refractivity contribution >= 4 is 10.1 Å². The van der Waals surface area contributed by atoms with Crippen molar-refractivity contribution in [2.75, 3.05) is 0 Å². The molecule has 0 N–H and O–H groups in total. The smallest absolute Gasteiger partial charge is 0.243 e. The Kier molecular flexibility index (Phi) is 7.23. The fraction of sp³-hybridized carbons (Fsp3) is 0.786. The van der Waals surface area contributed by atoms with Crippen LogP contribution in [0.15, 0.2) is 18.7 Å². The van der Waals surface area contributed by atoms with E-state index in [0.29, 0.717) is 0 Å². The highest BCUT2D eigenvalue weighted by Gasteiger charge is 2.14.